The molecule has 5 nitrogen and oxygen atoms in total. The first-order valence-electron chi connectivity index (χ1n) is 6.85. The van der Waals surface area contributed by atoms with Gasteiger partial charge in [0.15, 0.2) is 0 Å². The smallest absolute Gasteiger partial charge is 0.122 e. The molecule has 100 valence electrons. The van der Waals surface area contributed by atoms with E-state index in [0.29, 0.717) is 12.1 Å². The molecule has 3 heterocycles. The predicted octanol–water partition coefficient (Wildman–Crippen LogP) is 0.373. The molecule has 1 aromatic heterocycles. The summed E-state index contributed by atoms with van der Waals surface area (Å²) in [6, 6.07) is 0.691. The molecule has 3 rings (SSSR count). The minimum atomic E-state index is 0.333. The Labute approximate surface area is 108 Å². The first kappa shape index (κ1) is 12.1. The van der Waals surface area contributed by atoms with E-state index in [9.17, 15) is 0 Å². The molecule has 2 aliphatic heterocycles. The molecule has 18 heavy (non-hydrogen) atoms. The lowest BCUT2D eigenvalue weighted by molar-refractivity contribution is -0.0471. The molecule has 2 unspecified atom stereocenters. The molecule has 0 amide bonds. The number of aromatic nitrogens is 2. The van der Waals surface area contributed by atoms with E-state index in [2.05, 4.69) is 15.2 Å². The molecule has 0 aliphatic carbocycles. The Morgan fingerprint density at radius 2 is 2.50 bits per heavy atom. The van der Waals surface area contributed by atoms with Gasteiger partial charge in [-0.25, -0.2) is 4.98 Å². The number of hydrogen-bond donors (Lipinski definition) is 1. The number of morpholine rings is 1. The second kappa shape index (κ2) is 5.38. The van der Waals surface area contributed by atoms with Gasteiger partial charge in [0.2, 0.25) is 0 Å². The average molecular weight is 250 g/mol. The van der Waals surface area contributed by atoms with Gasteiger partial charge in [-0.05, 0) is 19.4 Å². The third-order valence-electron chi connectivity index (χ3n) is 4.04. The molecular formula is C13H22N4O. The Morgan fingerprint density at radius 1 is 1.56 bits per heavy atom. The van der Waals surface area contributed by atoms with Gasteiger partial charge in [-0.2, -0.15) is 0 Å². The fraction of sp³-hybridized carbons (Fsp3) is 0.769. The normalized spacial score (nSPS) is 28.5. The van der Waals surface area contributed by atoms with Crippen molar-refractivity contribution in [3.8, 4) is 0 Å². The molecule has 2 aliphatic rings. The van der Waals surface area contributed by atoms with E-state index in [1.807, 2.05) is 24.0 Å². The van der Waals surface area contributed by atoms with Gasteiger partial charge in [0, 0.05) is 38.6 Å². The van der Waals surface area contributed by atoms with Gasteiger partial charge in [-0.3, -0.25) is 4.90 Å². The van der Waals surface area contributed by atoms with Gasteiger partial charge in [0.1, 0.15) is 5.82 Å². The van der Waals surface area contributed by atoms with E-state index < -0.39 is 0 Å². The zero-order valence-corrected chi connectivity index (χ0v) is 11.0. The van der Waals surface area contributed by atoms with Crippen LogP contribution in [0.3, 0.4) is 0 Å². The van der Waals surface area contributed by atoms with Gasteiger partial charge in [-0.15, -0.1) is 0 Å². The lowest BCUT2D eigenvalue weighted by Crippen LogP contribution is -2.49. The van der Waals surface area contributed by atoms with Crippen LogP contribution in [0.5, 0.6) is 0 Å². The monoisotopic (exact) mass is 250 g/mol. The van der Waals surface area contributed by atoms with Crippen molar-refractivity contribution in [3.63, 3.8) is 0 Å². The molecule has 0 aromatic carbocycles. The van der Waals surface area contributed by atoms with E-state index in [-0.39, 0.29) is 0 Å². The molecular weight excluding hydrogens is 228 g/mol. The maximum absolute atomic E-state index is 5.91. The van der Waals surface area contributed by atoms with Gasteiger partial charge < -0.3 is 14.6 Å². The SMILES string of the molecule is Cn1ccnc1CNCC1CN2CCCC2CO1. The van der Waals surface area contributed by atoms with Crippen LogP contribution in [0, 0.1) is 0 Å². The fourth-order valence-corrected chi connectivity index (χ4v) is 2.92. The summed E-state index contributed by atoms with van der Waals surface area (Å²) in [6.45, 7) is 4.97. The zero-order valence-electron chi connectivity index (χ0n) is 11.0. The van der Waals surface area contributed by atoms with Gasteiger partial charge >= 0.3 is 0 Å². The lowest BCUT2D eigenvalue weighted by Gasteiger charge is -2.35. The van der Waals surface area contributed by atoms with Crippen LogP contribution in [0.25, 0.3) is 0 Å². The zero-order chi connectivity index (χ0) is 12.4. The third kappa shape index (κ3) is 2.58. The number of imidazole rings is 1. The van der Waals surface area contributed by atoms with Crippen molar-refractivity contribution in [3.05, 3.63) is 18.2 Å². The highest BCUT2D eigenvalue weighted by atomic mass is 16.5. The number of rotatable bonds is 4. The standard InChI is InChI=1S/C13H22N4O/c1-16-6-4-15-13(16)8-14-7-12-9-17-5-2-3-11(17)10-18-12/h4,6,11-12,14H,2-3,5,7-10H2,1H3. The number of hydrogen-bond acceptors (Lipinski definition) is 4. The Bertz CT molecular complexity index is 392. The molecule has 2 atom stereocenters. The van der Waals surface area contributed by atoms with Gasteiger partial charge in [-0.1, -0.05) is 0 Å². The molecule has 2 fully saturated rings. The van der Waals surface area contributed by atoms with Crippen LogP contribution < -0.4 is 5.32 Å². The molecule has 5 heteroatoms. The summed E-state index contributed by atoms with van der Waals surface area (Å²) >= 11 is 0. The van der Waals surface area contributed by atoms with Crippen LogP contribution in [0.4, 0.5) is 0 Å². The van der Waals surface area contributed by atoms with Crippen molar-refractivity contribution in [1.29, 1.82) is 0 Å². The quantitative estimate of drug-likeness (QED) is 0.838. The summed E-state index contributed by atoms with van der Waals surface area (Å²) in [4.78, 5) is 6.88. The van der Waals surface area contributed by atoms with E-state index in [1.54, 1.807) is 0 Å². The molecule has 0 spiro atoms. The largest absolute Gasteiger partial charge is 0.374 e. The Morgan fingerprint density at radius 3 is 3.33 bits per heavy atom. The molecule has 0 bridgehead atoms. The van der Waals surface area contributed by atoms with Crippen molar-refractivity contribution in [2.75, 3.05) is 26.2 Å². The van der Waals surface area contributed by atoms with Gasteiger partial charge in [0.05, 0.1) is 19.3 Å². The summed E-state index contributed by atoms with van der Waals surface area (Å²) in [7, 11) is 2.02. The van der Waals surface area contributed by atoms with Crippen LogP contribution in [0.1, 0.15) is 18.7 Å². The first-order chi connectivity index (χ1) is 8.83. The number of ether oxygens (including phenoxy) is 1. The van der Waals surface area contributed by atoms with Crippen molar-refractivity contribution in [2.24, 2.45) is 7.05 Å². The number of aryl methyl sites for hydroxylation is 1. The highest BCUT2D eigenvalue weighted by molar-refractivity contribution is 4.91. The fourth-order valence-electron chi connectivity index (χ4n) is 2.92. The van der Waals surface area contributed by atoms with E-state index in [4.69, 9.17) is 4.74 Å². The van der Waals surface area contributed by atoms with Crippen molar-refractivity contribution < 1.29 is 4.74 Å². The van der Waals surface area contributed by atoms with Crippen LogP contribution in [0.2, 0.25) is 0 Å². The molecule has 0 radical (unpaired) electrons. The highest BCUT2D eigenvalue weighted by Crippen LogP contribution is 2.22. The maximum atomic E-state index is 5.91. The summed E-state index contributed by atoms with van der Waals surface area (Å²) < 4.78 is 7.96. The van der Waals surface area contributed by atoms with E-state index in [1.165, 1.54) is 19.4 Å². The predicted molar refractivity (Wildman–Crippen MR) is 69.2 cm³/mol. The lowest BCUT2D eigenvalue weighted by atomic mass is 10.2. The molecule has 2 saturated heterocycles. The van der Waals surface area contributed by atoms with Gasteiger partial charge in [0.25, 0.3) is 0 Å². The summed E-state index contributed by atoms with van der Waals surface area (Å²) in [5.74, 6) is 1.07. The number of nitrogens with zero attached hydrogens (tertiary/aromatic N) is 3. The highest BCUT2D eigenvalue weighted by Gasteiger charge is 2.31. The van der Waals surface area contributed by atoms with Crippen LogP contribution in [-0.4, -0.2) is 52.8 Å². The van der Waals surface area contributed by atoms with Crippen molar-refractivity contribution in [1.82, 2.24) is 19.8 Å². The first-order valence-corrected chi connectivity index (χ1v) is 6.85. The van der Waals surface area contributed by atoms with Crippen molar-refractivity contribution in [2.45, 2.75) is 31.5 Å². The van der Waals surface area contributed by atoms with E-state index in [0.717, 1.165) is 32.1 Å². The maximum Gasteiger partial charge on any atom is 0.122 e. The third-order valence-corrected chi connectivity index (χ3v) is 4.04. The van der Waals surface area contributed by atoms with Crippen LogP contribution >= 0.6 is 0 Å². The summed E-state index contributed by atoms with van der Waals surface area (Å²) in [6.07, 6.45) is 6.79. The Kier molecular flexibility index (Phi) is 3.63. The number of fused-ring (bicyclic) bond motifs is 1. The second-order valence-electron chi connectivity index (χ2n) is 5.33. The van der Waals surface area contributed by atoms with Crippen molar-refractivity contribution >= 4 is 0 Å². The second-order valence-corrected chi connectivity index (χ2v) is 5.33. The van der Waals surface area contributed by atoms with E-state index >= 15 is 0 Å². The van der Waals surface area contributed by atoms with Crippen LogP contribution in [-0.2, 0) is 18.3 Å². The minimum Gasteiger partial charge on any atom is -0.374 e. The number of nitrogens with one attached hydrogen (secondary N) is 1. The molecule has 1 N–H and O–H groups in total. The summed E-state index contributed by atoms with van der Waals surface area (Å²) in [5.41, 5.74) is 0. The van der Waals surface area contributed by atoms with Crippen LogP contribution in [0.15, 0.2) is 12.4 Å². The summed E-state index contributed by atoms with van der Waals surface area (Å²) in [5, 5.41) is 3.44. The minimum absolute atomic E-state index is 0.333. The molecule has 0 saturated carbocycles. The average Bonchev–Trinajstić information content (AvgIpc) is 2.98. The Hall–Kier alpha value is -0.910. The topological polar surface area (TPSA) is 42.3 Å². The molecule has 1 aromatic rings. The Balaban J connectivity index is 1.42.